The van der Waals surface area contributed by atoms with E-state index < -0.39 is 8.07 Å². The third-order valence-electron chi connectivity index (χ3n) is 1.98. The zero-order chi connectivity index (χ0) is 11.2. The predicted octanol–water partition coefficient (Wildman–Crippen LogP) is 4.90. The molecule has 0 aliphatic carbocycles. The number of alkyl halides is 1. The molecule has 0 aliphatic rings. The van der Waals surface area contributed by atoms with E-state index in [1.54, 1.807) is 0 Å². The molecule has 0 aromatic rings. The van der Waals surface area contributed by atoms with Crippen LogP contribution in [0.4, 0.5) is 0 Å². The van der Waals surface area contributed by atoms with Gasteiger partial charge in [-0.1, -0.05) is 73.5 Å². The highest BCUT2D eigenvalue weighted by Crippen LogP contribution is 2.17. The van der Waals surface area contributed by atoms with Crippen molar-refractivity contribution in [1.82, 2.24) is 0 Å². The maximum atomic E-state index is 4.12. The predicted molar refractivity (Wildman–Crippen MR) is 79.1 cm³/mol. The molecule has 0 saturated carbocycles. The van der Waals surface area contributed by atoms with Crippen LogP contribution < -0.4 is 0 Å². The van der Waals surface area contributed by atoms with E-state index >= 15 is 0 Å². The van der Waals surface area contributed by atoms with Gasteiger partial charge >= 0.3 is 0 Å². The first kappa shape index (κ1) is 14.4. The Labute approximate surface area is 104 Å². The first-order valence-corrected chi connectivity index (χ1v) is 10.5. The summed E-state index contributed by atoms with van der Waals surface area (Å²) in [6, 6.07) is 1.22. The van der Waals surface area contributed by atoms with Crippen molar-refractivity contribution in [2.45, 2.75) is 39.0 Å². The average Bonchev–Trinajstić information content (AvgIpc) is 1.98. The van der Waals surface area contributed by atoms with Crippen LogP contribution in [0, 0.1) is 5.92 Å². The molecule has 14 heavy (non-hydrogen) atoms. The third-order valence-corrected chi connectivity index (χ3v) is 4.12. The Morgan fingerprint density at radius 3 is 2.43 bits per heavy atom. The molecule has 1 atom stereocenters. The van der Waals surface area contributed by atoms with E-state index in [2.05, 4.69) is 67.9 Å². The average molecular weight is 322 g/mol. The summed E-state index contributed by atoms with van der Waals surface area (Å²) in [5.41, 5.74) is 1.31. The third kappa shape index (κ3) is 9.00. The van der Waals surface area contributed by atoms with Crippen LogP contribution in [0.3, 0.4) is 0 Å². The molecule has 2 heteroatoms. The lowest BCUT2D eigenvalue weighted by molar-refractivity contribution is 0.711. The molecule has 0 heterocycles. The van der Waals surface area contributed by atoms with Crippen molar-refractivity contribution < 1.29 is 0 Å². The lowest BCUT2D eigenvalue weighted by atomic mass is 10.1. The second-order valence-corrected chi connectivity index (χ2v) is 11.8. The van der Waals surface area contributed by atoms with Gasteiger partial charge in [-0.25, -0.2) is 0 Å². The lowest BCUT2D eigenvalue weighted by Crippen LogP contribution is -2.19. The highest BCUT2D eigenvalue weighted by molar-refractivity contribution is 14.1. The van der Waals surface area contributed by atoms with E-state index in [0.717, 1.165) is 0 Å². The van der Waals surface area contributed by atoms with Gasteiger partial charge in [0.05, 0.1) is 0 Å². The van der Waals surface area contributed by atoms with Gasteiger partial charge in [0.25, 0.3) is 0 Å². The Bertz CT molecular complexity index is 201. The van der Waals surface area contributed by atoms with Crippen LogP contribution in [0.15, 0.2) is 24.3 Å². The van der Waals surface area contributed by atoms with Crippen molar-refractivity contribution >= 4 is 30.7 Å². The van der Waals surface area contributed by atoms with Crippen LogP contribution in [0.1, 0.15) is 13.3 Å². The quantitative estimate of drug-likeness (QED) is 0.282. The minimum absolute atomic E-state index is 0.699. The number of allylic oxidation sites excluding steroid dienone is 3. The van der Waals surface area contributed by atoms with Crippen LogP contribution in [0.5, 0.6) is 0 Å². The smallest absolute Gasteiger partial charge is 0.0486 e. The van der Waals surface area contributed by atoms with Crippen molar-refractivity contribution in [2.24, 2.45) is 5.92 Å². The summed E-state index contributed by atoms with van der Waals surface area (Å²) in [4.78, 5) is 0. The van der Waals surface area contributed by atoms with Crippen molar-refractivity contribution in [3.05, 3.63) is 24.3 Å². The van der Waals surface area contributed by atoms with Crippen LogP contribution in [-0.2, 0) is 0 Å². The van der Waals surface area contributed by atoms with Gasteiger partial charge in [0.1, 0.15) is 0 Å². The highest BCUT2D eigenvalue weighted by atomic mass is 127. The normalized spacial score (nSPS) is 14.6. The van der Waals surface area contributed by atoms with E-state index in [4.69, 9.17) is 0 Å². The summed E-state index contributed by atoms with van der Waals surface area (Å²) in [7, 11) is -0.963. The zero-order valence-electron chi connectivity index (χ0n) is 9.94. The Hall–Kier alpha value is 0.427. The van der Waals surface area contributed by atoms with Crippen molar-refractivity contribution in [3.63, 3.8) is 0 Å². The van der Waals surface area contributed by atoms with Crippen molar-refractivity contribution in [2.75, 3.05) is 4.43 Å². The number of halogens is 1. The topological polar surface area (TPSA) is 0 Å². The van der Waals surface area contributed by atoms with Gasteiger partial charge in [0.2, 0.25) is 0 Å². The molecule has 0 nitrogen and oxygen atoms in total. The SMILES string of the molecule is C=C(C=C[C@@H](C)CCI)C[Si](C)(C)C. The molecular formula is C12H23ISi. The molecule has 0 bridgehead atoms. The molecule has 82 valence electrons. The first-order chi connectivity index (χ1) is 6.35. The Kier molecular flexibility index (Phi) is 7.04. The first-order valence-electron chi connectivity index (χ1n) is 5.27. The summed E-state index contributed by atoms with van der Waals surface area (Å²) in [5.74, 6) is 0.699. The van der Waals surface area contributed by atoms with Crippen LogP contribution >= 0.6 is 22.6 Å². The number of rotatable bonds is 6. The fourth-order valence-corrected chi connectivity index (χ4v) is 3.77. The summed E-state index contributed by atoms with van der Waals surface area (Å²) in [6.07, 6.45) is 5.81. The fourth-order valence-electron chi connectivity index (χ4n) is 1.31. The van der Waals surface area contributed by atoms with Crippen LogP contribution in [-0.4, -0.2) is 12.5 Å². The summed E-state index contributed by atoms with van der Waals surface area (Å²) in [6.45, 7) is 13.6. The highest BCUT2D eigenvalue weighted by Gasteiger charge is 2.12. The minimum atomic E-state index is -0.963. The second kappa shape index (κ2) is 6.83. The number of hydrogen-bond donors (Lipinski definition) is 0. The molecule has 0 unspecified atom stereocenters. The van der Waals surface area contributed by atoms with E-state index in [9.17, 15) is 0 Å². The van der Waals surface area contributed by atoms with Gasteiger partial charge in [-0.3, -0.25) is 0 Å². The Balaban J connectivity index is 3.93. The molecule has 0 rings (SSSR count). The van der Waals surface area contributed by atoms with Crippen molar-refractivity contribution in [3.8, 4) is 0 Å². The van der Waals surface area contributed by atoms with E-state index in [0.29, 0.717) is 5.92 Å². The molecule has 0 radical (unpaired) electrons. The molecule has 0 aromatic carbocycles. The molecule has 0 aromatic heterocycles. The summed E-state index contributed by atoms with van der Waals surface area (Å²) >= 11 is 2.43. The lowest BCUT2D eigenvalue weighted by Gasteiger charge is -2.15. The van der Waals surface area contributed by atoms with Gasteiger partial charge in [0, 0.05) is 12.5 Å². The molecular weight excluding hydrogens is 299 g/mol. The molecule has 0 spiro atoms. The minimum Gasteiger partial charge on any atom is -0.0961 e. The molecule has 0 N–H and O–H groups in total. The van der Waals surface area contributed by atoms with Gasteiger partial charge in [-0.05, 0) is 18.4 Å². The van der Waals surface area contributed by atoms with E-state index in [1.807, 2.05) is 0 Å². The van der Waals surface area contributed by atoms with Crippen LogP contribution in [0.25, 0.3) is 0 Å². The van der Waals surface area contributed by atoms with Gasteiger partial charge in [0.15, 0.2) is 0 Å². The van der Waals surface area contributed by atoms with Crippen molar-refractivity contribution in [1.29, 1.82) is 0 Å². The Morgan fingerprint density at radius 2 is 2.00 bits per heavy atom. The Morgan fingerprint density at radius 1 is 1.43 bits per heavy atom. The van der Waals surface area contributed by atoms with Gasteiger partial charge < -0.3 is 0 Å². The standard InChI is InChI=1S/C12H23ISi/c1-11(8-9-13)6-7-12(2)10-14(3,4)5/h6-7,11H,2,8-10H2,1,3-5H3/t11-/m1/s1. The second-order valence-electron chi connectivity index (χ2n) is 5.21. The summed E-state index contributed by atoms with van der Waals surface area (Å²) in [5, 5.41) is 0. The number of hydrogen-bond acceptors (Lipinski definition) is 0. The van der Waals surface area contributed by atoms with E-state index in [-0.39, 0.29) is 0 Å². The fraction of sp³-hybridized carbons (Fsp3) is 0.667. The molecule has 0 saturated heterocycles. The zero-order valence-corrected chi connectivity index (χ0v) is 13.1. The monoisotopic (exact) mass is 322 g/mol. The molecule has 0 amide bonds. The summed E-state index contributed by atoms with van der Waals surface area (Å²) < 4.78 is 1.24. The van der Waals surface area contributed by atoms with Gasteiger partial charge in [-0.15, -0.1) is 0 Å². The van der Waals surface area contributed by atoms with Crippen LogP contribution in [0.2, 0.25) is 25.7 Å². The van der Waals surface area contributed by atoms with E-state index in [1.165, 1.54) is 22.5 Å². The largest absolute Gasteiger partial charge is 0.0961 e. The molecule has 0 aliphatic heterocycles. The maximum absolute atomic E-state index is 4.12. The maximum Gasteiger partial charge on any atom is 0.0486 e. The molecule has 0 fully saturated rings. The van der Waals surface area contributed by atoms with Gasteiger partial charge in [-0.2, -0.15) is 0 Å².